The highest BCUT2D eigenvalue weighted by Gasteiger charge is 2.62. The molecule has 0 saturated heterocycles. The van der Waals surface area contributed by atoms with Crippen LogP contribution in [0.15, 0.2) is 86.3 Å². The van der Waals surface area contributed by atoms with Crippen LogP contribution in [-0.2, 0) is 10.0 Å². The lowest BCUT2D eigenvalue weighted by molar-refractivity contribution is 0.101. The van der Waals surface area contributed by atoms with Crippen LogP contribution in [0.4, 0.5) is 0 Å². The van der Waals surface area contributed by atoms with Gasteiger partial charge in [-0.2, -0.15) is 4.31 Å². The van der Waals surface area contributed by atoms with E-state index in [9.17, 15) is 13.2 Å². The van der Waals surface area contributed by atoms with Gasteiger partial charge in [0.05, 0.1) is 4.90 Å². The van der Waals surface area contributed by atoms with Crippen LogP contribution in [-0.4, -0.2) is 31.6 Å². The van der Waals surface area contributed by atoms with E-state index >= 15 is 0 Å². The number of fused-ring (bicyclic) bond motifs is 2. The predicted octanol–water partition coefficient (Wildman–Crippen LogP) is 4.74. The molecule has 0 bridgehead atoms. The summed E-state index contributed by atoms with van der Waals surface area (Å²) in [6, 6.07) is 15.9. The number of sulfonamides is 1. The largest absolute Gasteiger partial charge is 0.289 e. The van der Waals surface area contributed by atoms with Gasteiger partial charge in [0.25, 0.3) is 0 Å². The molecule has 2 aliphatic carbocycles. The third-order valence-corrected chi connectivity index (χ3v) is 8.53. The zero-order valence-electron chi connectivity index (χ0n) is 16.0. The number of allylic oxidation sites excluding steroid dienone is 1. The summed E-state index contributed by atoms with van der Waals surface area (Å²) in [6.07, 6.45) is 1.96. The van der Waals surface area contributed by atoms with Crippen LogP contribution < -0.4 is 0 Å². The van der Waals surface area contributed by atoms with Crippen molar-refractivity contribution in [2.24, 2.45) is 5.41 Å². The van der Waals surface area contributed by atoms with Crippen molar-refractivity contribution in [1.82, 2.24) is 4.31 Å². The number of ketones is 1. The van der Waals surface area contributed by atoms with Gasteiger partial charge in [-0.15, -0.1) is 0 Å². The van der Waals surface area contributed by atoms with Crippen molar-refractivity contribution in [2.75, 3.05) is 13.1 Å². The number of halogens is 1. The van der Waals surface area contributed by atoms with E-state index < -0.39 is 10.0 Å². The first-order valence-electron chi connectivity index (χ1n) is 9.64. The summed E-state index contributed by atoms with van der Waals surface area (Å²) >= 11 is 3.41. The molecule has 1 saturated carbocycles. The first kappa shape index (κ1) is 19.0. The molecule has 5 rings (SSSR count). The molecule has 148 valence electrons. The molecule has 0 aromatic heterocycles. The Morgan fingerprint density at radius 1 is 1.00 bits per heavy atom. The lowest BCUT2D eigenvalue weighted by Crippen LogP contribution is -2.45. The van der Waals surface area contributed by atoms with Gasteiger partial charge in [-0.25, -0.2) is 8.42 Å². The monoisotopic (exact) mass is 469 g/mol. The van der Waals surface area contributed by atoms with Crippen LogP contribution in [0.2, 0.25) is 0 Å². The van der Waals surface area contributed by atoms with Crippen LogP contribution in [0, 0.1) is 5.41 Å². The minimum Gasteiger partial charge on any atom is -0.289 e. The molecule has 6 heteroatoms. The first-order chi connectivity index (χ1) is 13.8. The summed E-state index contributed by atoms with van der Waals surface area (Å²) in [7, 11) is -3.61. The molecule has 1 spiro atoms. The van der Waals surface area contributed by atoms with Crippen molar-refractivity contribution in [3.63, 3.8) is 0 Å². The number of hydrogen-bond donors (Lipinski definition) is 0. The third-order valence-electron chi connectivity index (χ3n) is 6.20. The fraction of sp³-hybridized carbons (Fsp3) is 0.261. The number of Topliss-reactive ketones (excluding diaryl/α,β-unsaturated/α-hetero) is 1. The Kier molecular flexibility index (Phi) is 4.25. The van der Waals surface area contributed by atoms with E-state index in [1.165, 1.54) is 9.88 Å². The van der Waals surface area contributed by atoms with E-state index in [0.29, 0.717) is 12.1 Å². The van der Waals surface area contributed by atoms with Gasteiger partial charge in [0.15, 0.2) is 5.78 Å². The predicted molar refractivity (Wildman–Crippen MR) is 115 cm³/mol. The highest BCUT2D eigenvalue weighted by Crippen LogP contribution is 2.69. The van der Waals surface area contributed by atoms with Crippen molar-refractivity contribution in [1.29, 1.82) is 0 Å². The first-order valence-corrected chi connectivity index (χ1v) is 11.9. The molecule has 0 amide bonds. The summed E-state index contributed by atoms with van der Waals surface area (Å²) in [5.41, 5.74) is 4.56. The summed E-state index contributed by atoms with van der Waals surface area (Å²) in [5.74, 6) is 0.0282. The maximum Gasteiger partial charge on any atom is 0.243 e. The molecule has 3 aliphatic rings. The lowest BCUT2D eigenvalue weighted by atomic mass is 9.64. The summed E-state index contributed by atoms with van der Waals surface area (Å²) in [4.78, 5) is 13.6. The molecule has 0 N–H and O–H groups in total. The van der Waals surface area contributed by atoms with E-state index in [0.717, 1.165) is 34.0 Å². The summed E-state index contributed by atoms with van der Waals surface area (Å²) in [6.45, 7) is 2.66. The van der Waals surface area contributed by atoms with Crippen molar-refractivity contribution in [3.05, 3.63) is 86.9 Å². The highest BCUT2D eigenvalue weighted by molar-refractivity contribution is 9.10. The zero-order chi connectivity index (χ0) is 20.4. The van der Waals surface area contributed by atoms with Crippen LogP contribution in [0.25, 0.3) is 0 Å². The lowest BCUT2D eigenvalue weighted by Gasteiger charge is -2.44. The van der Waals surface area contributed by atoms with Gasteiger partial charge >= 0.3 is 0 Å². The van der Waals surface area contributed by atoms with Crippen molar-refractivity contribution in [2.45, 2.75) is 24.7 Å². The number of carbonyl (C=O) groups excluding carboxylic acids is 1. The Morgan fingerprint density at radius 3 is 2.28 bits per heavy atom. The van der Waals surface area contributed by atoms with Gasteiger partial charge in [-0.3, -0.25) is 4.79 Å². The number of rotatable bonds is 4. The normalized spacial score (nSPS) is 20.5. The molecule has 4 nitrogen and oxygen atoms in total. The minimum absolute atomic E-state index is 0.0282. The van der Waals surface area contributed by atoms with E-state index in [-0.39, 0.29) is 22.6 Å². The smallest absolute Gasteiger partial charge is 0.243 e. The van der Waals surface area contributed by atoms with Gasteiger partial charge < -0.3 is 0 Å². The topological polar surface area (TPSA) is 54.5 Å². The average molecular weight is 470 g/mol. The molecule has 1 aliphatic heterocycles. The standard InChI is InChI=1S/C23H20BrNO3S/c1-15-13-25(29(27,28)18-5-3-2-4-6-18)14-19-20(15)23(11-12-23)21(19)22(26)16-7-9-17(24)10-8-16/h2-10H,11-14H2,1H3. The molecule has 29 heavy (non-hydrogen) atoms. The fourth-order valence-electron chi connectivity index (χ4n) is 4.80. The fourth-order valence-corrected chi connectivity index (χ4v) is 6.53. The molecule has 0 atom stereocenters. The summed E-state index contributed by atoms with van der Waals surface area (Å²) in [5, 5.41) is 0. The molecule has 0 radical (unpaired) electrons. The second-order valence-electron chi connectivity index (χ2n) is 8.01. The number of carbonyl (C=O) groups is 1. The zero-order valence-corrected chi connectivity index (χ0v) is 18.4. The van der Waals surface area contributed by atoms with Gasteiger partial charge in [0.2, 0.25) is 10.0 Å². The second kappa shape index (κ2) is 6.49. The van der Waals surface area contributed by atoms with E-state index in [4.69, 9.17) is 0 Å². The number of hydrogen-bond acceptors (Lipinski definition) is 3. The van der Waals surface area contributed by atoms with Gasteiger partial charge in [0.1, 0.15) is 0 Å². The number of benzene rings is 2. The maximum atomic E-state index is 13.3. The Balaban J connectivity index is 1.56. The Labute approximate surface area is 179 Å². The van der Waals surface area contributed by atoms with Crippen molar-refractivity contribution < 1.29 is 13.2 Å². The molecule has 0 unspecified atom stereocenters. The molecule has 2 aromatic carbocycles. The molecular weight excluding hydrogens is 450 g/mol. The molecule has 1 heterocycles. The third kappa shape index (κ3) is 2.80. The van der Waals surface area contributed by atoms with E-state index in [2.05, 4.69) is 15.9 Å². The molecule has 2 aromatic rings. The van der Waals surface area contributed by atoms with Crippen LogP contribution in [0.3, 0.4) is 0 Å². The Morgan fingerprint density at radius 2 is 1.66 bits per heavy atom. The SMILES string of the molecule is CC1=C2C(=C(C(=O)c3ccc(Br)cc3)C23CC3)CN(S(=O)(=O)c2ccccc2)C1. The van der Waals surface area contributed by atoms with Crippen LogP contribution in [0.5, 0.6) is 0 Å². The van der Waals surface area contributed by atoms with Gasteiger partial charge in [-0.1, -0.05) is 39.7 Å². The Bertz CT molecular complexity index is 1190. The van der Waals surface area contributed by atoms with E-state index in [1.54, 1.807) is 30.3 Å². The second-order valence-corrected chi connectivity index (χ2v) is 10.9. The van der Waals surface area contributed by atoms with Gasteiger partial charge in [0, 0.05) is 34.1 Å². The number of nitrogens with zero attached hydrogens (tertiary/aromatic N) is 1. The molecular formula is C23H20BrNO3S. The highest BCUT2D eigenvalue weighted by atomic mass is 79.9. The van der Waals surface area contributed by atoms with Gasteiger partial charge in [-0.05, 0) is 67.3 Å². The van der Waals surface area contributed by atoms with Crippen molar-refractivity contribution in [3.8, 4) is 0 Å². The summed E-state index contributed by atoms with van der Waals surface area (Å²) < 4.78 is 28.7. The van der Waals surface area contributed by atoms with Crippen LogP contribution >= 0.6 is 15.9 Å². The maximum absolute atomic E-state index is 13.3. The minimum atomic E-state index is -3.61. The molecule has 1 fully saturated rings. The van der Waals surface area contributed by atoms with Crippen molar-refractivity contribution >= 4 is 31.7 Å². The Hall–Kier alpha value is -2.02. The quantitative estimate of drug-likeness (QED) is 0.607. The van der Waals surface area contributed by atoms with E-state index in [1.807, 2.05) is 31.2 Å². The average Bonchev–Trinajstić information content (AvgIpc) is 3.51. The van der Waals surface area contributed by atoms with Crippen LogP contribution in [0.1, 0.15) is 30.1 Å².